The molecule has 10 nitrogen and oxygen atoms in total. The van der Waals surface area contributed by atoms with E-state index >= 15 is 0 Å². The maximum atomic E-state index is 14.6. The fourth-order valence-corrected chi connectivity index (χ4v) is 9.37. The van der Waals surface area contributed by atoms with Crippen LogP contribution < -0.4 is 11.1 Å². The number of carboxylic acids is 1. The molecule has 0 aromatic carbocycles. The number of carboxylic acid groups (broad SMARTS) is 1. The van der Waals surface area contributed by atoms with Crippen molar-refractivity contribution < 1.29 is 37.4 Å². The van der Waals surface area contributed by atoms with Gasteiger partial charge in [0.1, 0.15) is 6.04 Å². The van der Waals surface area contributed by atoms with E-state index < -0.39 is 47.3 Å². The van der Waals surface area contributed by atoms with Crippen LogP contribution in [-0.2, 0) is 19.1 Å². The predicted molar refractivity (Wildman–Crippen MR) is 175 cm³/mol. The van der Waals surface area contributed by atoms with E-state index in [-0.39, 0.29) is 48.4 Å². The summed E-state index contributed by atoms with van der Waals surface area (Å²) in [7, 11) is 1.73. The number of nitrogens with one attached hydrogen (secondary N) is 1. The lowest BCUT2D eigenvalue weighted by Gasteiger charge is -2.53. The highest BCUT2D eigenvalue weighted by atomic mass is 19.4. The van der Waals surface area contributed by atoms with Gasteiger partial charge in [-0.15, -0.1) is 0 Å². The Hall–Kier alpha value is -2.67. The van der Waals surface area contributed by atoms with Crippen LogP contribution in [-0.4, -0.2) is 102 Å². The highest BCUT2D eigenvalue weighted by molar-refractivity contribution is 6.24. The van der Waals surface area contributed by atoms with Crippen LogP contribution in [0, 0.1) is 23.7 Å². The van der Waals surface area contributed by atoms with E-state index in [9.17, 15) is 32.7 Å². The van der Waals surface area contributed by atoms with Crippen molar-refractivity contribution in [1.29, 1.82) is 0 Å². The molecule has 48 heavy (non-hydrogen) atoms. The van der Waals surface area contributed by atoms with Gasteiger partial charge in [-0.3, -0.25) is 24.3 Å². The molecule has 6 atom stereocenters. The molecule has 0 radical (unpaired) electrons. The molecular weight excluding hydrogens is 627 g/mol. The number of carbonyl (C=O) groups is 3. The fraction of sp³-hybridized carbons (Fsp3) is 0.829. The molecular formula is C35H54F3N5O5. The van der Waals surface area contributed by atoms with Crippen LogP contribution in [0.15, 0.2) is 16.8 Å². The third-order valence-corrected chi connectivity index (χ3v) is 11.9. The number of halogens is 3. The normalized spacial score (nSPS) is 34.7. The molecule has 2 heterocycles. The minimum absolute atomic E-state index is 0.102. The number of rotatable bonds is 8. The van der Waals surface area contributed by atoms with E-state index in [2.05, 4.69) is 15.2 Å². The van der Waals surface area contributed by atoms with E-state index in [1.54, 1.807) is 7.11 Å². The molecule has 3 saturated carbocycles. The predicted octanol–water partition coefficient (Wildman–Crippen LogP) is 4.67. The Kier molecular flexibility index (Phi) is 12.1. The molecule has 13 heteroatoms. The lowest BCUT2D eigenvalue weighted by Crippen LogP contribution is -2.64. The number of aliphatic carboxylic acids is 1. The van der Waals surface area contributed by atoms with Crippen molar-refractivity contribution in [2.24, 2.45) is 34.4 Å². The van der Waals surface area contributed by atoms with Gasteiger partial charge in [-0.05, 0) is 88.4 Å². The number of amides is 2. The molecule has 5 aliphatic rings. The number of carbonyl (C=O) groups excluding carboxylic acids is 2. The molecule has 3 aliphatic carbocycles. The van der Waals surface area contributed by atoms with Crippen LogP contribution in [0.4, 0.5) is 13.2 Å². The van der Waals surface area contributed by atoms with Crippen molar-refractivity contribution in [3.8, 4) is 0 Å². The van der Waals surface area contributed by atoms with Gasteiger partial charge < -0.3 is 25.8 Å². The standard InChI is InChI=1S/C35H54F3N5O5/c1-21-5-3-6-24(19-21)40-31(35(36,37)38)28(20-39)33(45)43-18-15-26-27(7-4-8-29(26)42-16-13-25(48-2)14-17-42)30(43)32(44)41-23-11-9-22(10-12-23)34(46)47/h20-27,29-30H,3-19,39H2,1-2H3,(H,41,44)(H,46,47). The third-order valence-electron chi connectivity index (χ3n) is 11.9. The van der Waals surface area contributed by atoms with Crippen molar-refractivity contribution in [3.63, 3.8) is 0 Å². The maximum Gasteiger partial charge on any atom is 0.433 e. The van der Waals surface area contributed by atoms with Crippen LogP contribution in [0.1, 0.15) is 96.8 Å². The third kappa shape index (κ3) is 8.37. The summed E-state index contributed by atoms with van der Waals surface area (Å²) < 4.78 is 49.5. The second-order valence-electron chi connectivity index (χ2n) is 14.9. The molecule has 2 amide bonds. The number of ether oxygens (including phenoxy) is 1. The Balaban J connectivity index is 1.42. The summed E-state index contributed by atoms with van der Waals surface area (Å²) in [4.78, 5) is 48.1. The number of hydrogen-bond acceptors (Lipinski definition) is 7. The van der Waals surface area contributed by atoms with Crippen LogP contribution in [0.25, 0.3) is 0 Å². The van der Waals surface area contributed by atoms with Gasteiger partial charge in [-0.1, -0.05) is 26.2 Å². The Bertz CT molecular complexity index is 1210. The van der Waals surface area contributed by atoms with Gasteiger partial charge in [0, 0.05) is 45.0 Å². The first-order valence-corrected chi connectivity index (χ1v) is 18.1. The summed E-state index contributed by atoms with van der Waals surface area (Å²) in [5.74, 6) is -2.49. The summed E-state index contributed by atoms with van der Waals surface area (Å²) in [5, 5.41) is 12.5. The van der Waals surface area contributed by atoms with Crippen LogP contribution >= 0.6 is 0 Å². The Labute approximate surface area is 282 Å². The Morgan fingerprint density at radius 1 is 0.917 bits per heavy atom. The molecule has 4 N–H and O–H groups in total. The second kappa shape index (κ2) is 15.9. The summed E-state index contributed by atoms with van der Waals surface area (Å²) in [5.41, 5.74) is 3.88. The van der Waals surface area contributed by atoms with Crippen LogP contribution in [0.5, 0.6) is 0 Å². The lowest BCUT2D eigenvalue weighted by molar-refractivity contribution is -0.148. The molecule has 270 valence electrons. The number of likely N-dealkylation sites (tertiary alicyclic amines) is 2. The second-order valence-corrected chi connectivity index (χ2v) is 14.9. The smallest absolute Gasteiger partial charge is 0.433 e. The summed E-state index contributed by atoms with van der Waals surface area (Å²) >= 11 is 0. The van der Waals surface area contributed by atoms with Gasteiger partial charge in [-0.2, -0.15) is 13.2 Å². The van der Waals surface area contributed by atoms with E-state index in [4.69, 9.17) is 10.5 Å². The van der Waals surface area contributed by atoms with Gasteiger partial charge in [0.05, 0.1) is 23.6 Å². The number of aliphatic imine (C=N–C) groups is 1. The van der Waals surface area contributed by atoms with Gasteiger partial charge in [0.15, 0.2) is 5.71 Å². The van der Waals surface area contributed by atoms with E-state index in [0.717, 1.165) is 57.8 Å². The highest BCUT2D eigenvalue weighted by Crippen LogP contribution is 2.44. The molecule has 2 aliphatic heterocycles. The fourth-order valence-electron chi connectivity index (χ4n) is 9.37. The number of fused-ring (bicyclic) bond motifs is 1. The van der Waals surface area contributed by atoms with Gasteiger partial charge >= 0.3 is 12.1 Å². The van der Waals surface area contributed by atoms with Crippen molar-refractivity contribution in [3.05, 3.63) is 11.8 Å². The first-order valence-electron chi connectivity index (χ1n) is 18.1. The molecule has 2 saturated heterocycles. The summed E-state index contributed by atoms with van der Waals surface area (Å²) in [6, 6.07) is -1.57. The van der Waals surface area contributed by atoms with Crippen LogP contribution in [0.2, 0.25) is 0 Å². The number of nitrogens with zero attached hydrogens (tertiary/aromatic N) is 3. The SMILES string of the molecule is COC1CCN(C2CCCC3C2CCN(C(=O)C(=CN)C(=NC2CCCC(C)C2)C(F)(F)F)C3C(=O)NC2CCC(C(=O)O)CC2)CC1. The van der Waals surface area contributed by atoms with Crippen molar-refractivity contribution >= 4 is 23.5 Å². The molecule has 0 aromatic rings. The monoisotopic (exact) mass is 681 g/mol. The Morgan fingerprint density at radius 2 is 1.60 bits per heavy atom. The first-order chi connectivity index (χ1) is 22.9. The summed E-state index contributed by atoms with van der Waals surface area (Å²) in [6.45, 7) is 3.89. The molecule has 0 aromatic heterocycles. The molecule has 5 fully saturated rings. The van der Waals surface area contributed by atoms with Crippen molar-refractivity contribution in [2.75, 3.05) is 26.7 Å². The number of piperidine rings is 2. The minimum atomic E-state index is -4.90. The topological polar surface area (TPSA) is 138 Å². The largest absolute Gasteiger partial charge is 0.481 e. The van der Waals surface area contributed by atoms with E-state index in [1.165, 1.54) is 4.90 Å². The van der Waals surface area contributed by atoms with E-state index in [1.807, 2.05) is 6.92 Å². The number of hydrogen-bond donors (Lipinski definition) is 3. The Morgan fingerprint density at radius 3 is 2.21 bits per heavy atom. The average molecular weight is 682 g/mol. The molecule has 6 unspecified atom stereocenters. The number of nitrogens with two attached hydrogens (primary N) is 1. The van der Waals surface area contributed by atoms with Crippen LogP contribution in [0.3, 0.4) is 0 Å². The van der Waals surface area contributed by atoms with Gasteiger partial charge in [0.25, 0.3) is 5.91 Å². The van der Waals surface area contributed by atoms with E-state index in [0.29, 0.717) is 51.4 Å². The zero-order chi connectivity index (χ0) is 34.6. The average Bonchev–Trinajstić information content (AvgIpc) is 3.07. The maximum absolute atomic E-state index is 14.6. The quantitative estimate of drug-likeness (QED) is 0.250. The minimum Gasteiger partial charge on any atom is -0.481 e. The van der Waals surface area contributed by atoms with Gasteiger partial charge in [0.2, 0.25) is 5.91 Å². The zero-order valence-corrected chi connectivity index (χ0v) is 28.4. The number of alkyl halides is 3. The first kappa shape index (κ1) is 36.6. The highest BCUT2D eigenvalue weighted by Gasteiger charge is 2.51. The lowest BCUT2D eigenvalue weighted by atomic mass is 9.67. The van der Waals surface area contributed by atoms with Crippen molar-refractivity contribution in [1.82, 2.24) is 15.1 Å². The molecule has 0 bridgehead atoms. The molecule has 5 rings (SSSR count). The molecule has 0 spiro atoms. The van der Waals surface area contributed by atoms with Crippen molar-refractivity contribution in [2.45, 2.75) is 133 Å². The van der Waals surface area contributed by atoms with Gasteiger partial charge in [-0.25, -0.2) is 0 Å². The zero-order valence-electron chi connectivity index (χ0n) is 28.4. The number of methoxy groups -OCH3 is 1. The summed E-state index contributed by atoms with van der Waals surface area (Å²) in [6.07, 6.45) is 5.55.